The maximum absolute atomic E-state index is 12.4. The molecule has 0 aliphatic rings. The molecule has 0 atom stereocenters. The SMILES string of the molecule is Cc1ccc(C(=O)COC(=O)c2ccc(NS(=O)(=O)c3ccc(Br)cc3)cc2)cc1C. The summed E-state index contributed by atoms with van der Waals surface area (Å²) in [5.74, 6) is -0.963. The number of sulfonamides is 1. The van der Waals surface area contributed by atoms with Crippen LogP contribution in [-0.2, 0) is 14.8 Å². The topological polar surface area (TPSA) is 89.5 Å². The predicted molar refractivity (Wildman–Crippen MR) is 122 cm³/mol. The van der Waals surface area contributed by atoms with Crippen LogP contribution in [0.5, 0.6) is 0 Å². The van der Waals surface area contributed by atoms with Crippen LogP contribution in [0.25, 0.3) is 0 Å². The number of nitrogens with one attached hydrogen (secondary N) is 1. The zero-order valence-electron chi connectivity index (χ0n) is 16.9. The van der Waals surface area contributed by atoms with Crippen molar-refractivity contribution in [3.05, 3.63) is 93.5 Å². The van der Waals surface area contributed by atoms with Gasteiger partial charge >= 0.3 is 5.97 Å². The van der Waals surface area contributed by atoms with Gasteiger partial charge < -0.3 is 4.74 Å². The van der Waals surface area contributed by atoms with Gasteiger partial charge in [0.05, 0.1) is 10.5 Å². The van der Waals surface area contributed by atoms with Gasteiger partial charge in [0, 0.05) is 15.7 Å². The van der Waals surface area contributed by atoms with Gasteiger partial charge in [0.25, 0.3) is 10.0 Å². The van der Waals surface area contributed by atoms with Gasteiger partial charge in [-0.3, -0.25) is 9.52 Å². The summed E-state index contributed by atoms with van der Waals surface area (Å²) < 4.78 is 33.2. The quantitative estimate of drug-likeness (QED) is 0.367. The number of hydrogen-bond donors (Lipinski definition) is 1. The van der Waals surface area contributed by atoms with Gasteiger partial charge in [0.1, 0.15) is 0 Å². The lowest BCUT2D eigenvalue weighted by molar-refractivity contribution is 0.0475. The van der Waals surface area contributed by atoms with E-state index in [1.807, 2.05) is 19.9 Å². The van der Waals surface area contributed by atoms with Gasteiger partial charge in [-0.15, -0.1) is 0 Å². The van der Waals surface area contributed by atoms with Crippen molar-refractivity contribution in [1.29, 1.82) is 0 Å². The van der Waals surface area contributed by atoms with Gasteiger partial charge in [-0.05, 0) is 79.6 Å². The molecular formula is C23H20BrNO5S. The van der Waals surface area contributed by atoms with E-state index in [4.69, 9.17) is 4.74 Å². The molecule has 0 aliphatic heterocycles. The lowest BCUT2D eigenvalue weighted by atomic mass is 10.0. The molecule has 3 aromatic rings. The third kappa shape index (κ3) is 5.80. The molecule has 1 N–H and O–H groups in total. The van der Waals surface area contributed by atoms with E-state index in [1.54, 1.807) is 24.3 Å². The first kappa shape index (κ1) is 22.7. The molecule has 0 unspecified atom stereocenters. The van der Waals surface area contributed by atoms with Crippen LogP contribution < -0.4 is 4.72 Å². The smallest absolute Gasteiger partial charge is 0.338 e. The van der Waals surface area contributed by atoms with E-state index >= 15 is 0 Å². The van der Waals surface area contributed by atoms with E-state index < -0.39 is 16.0 Å². The average molecular weight is 502 g/mol. The highest BCUT2D eigenvalue weighted by molar-refractivity contribution is 9.10. The number of Topliss-reactive ketones (excluding diaryl/α,β-unsaturated/α-hetero) is 1. The molecule has 8 heteroatoms. The van der Waals surface area contributed by atoms with E-state index in [2.05, 4.69) is 20.7 Å². The van der Waals surface area contributed by atoms with E-state index in [0.29, 0.717) is 11.3 Å². The Bertz CT molecular complexity index is 1220. The largest absolute Gasteiger partial charge is 0.454 e. The van der Waals surface area contributed by atoms with Gasteiger partial charge in [0.15, 0.2) is 12.4 Å². The second kappa shape index (κ2) is 9.45. The second-order valence-electron chi connectivity index (χ2n) is 6.94. The second-order valence-corrected chi connectivity index (χ2v) is 9.53. The fourth-order valence-corrected chi connectivity index (χ4v) is 4.04. The fraction of sp³-hybridized carbons (Fsp3) is 0.130. The highest BCUT2D eigenvalue weighted by Gasteiger charge is 2.16. The molecule has 0 fully saturated rings. The Balaban J connectivity index is 1.61. The number of benzene rings is 3. The molecule has 0 saturated heterocycles. The molecule has 160 valence electrons. The Kier molecular flexibility index (Phi) is 6.92. The standard InChI is InChI=1S/C23H20BrNO5S/c1-15-3-4-18(13-16(15)2)22(26)14-30-23(27)17-5-9-20(10-6-17)25-31(28,29)21-11-7-19(24)8-12-21/h3-13,25H,14H2,1-2H3. The molecule has 3 rings (SSSR count). The van der Waals surface area contributed by atoms with E-state index in [9.17, 15) is 18.0 Å². The first-order chi connectivity index (χ1) is 14.7. The van der Waals surface area contributed by atoms with Crippen LogP contribution in [0.3, 0.4) is 0 Å². The van der Waals surface area contributed by atoms with Crippen LogP contribution >= 0.6 is 15.9 Å². The number of ketones is 1. The molecule has 0 aromatic heterocycles. The zero-order chi connectivity index (χ0) is 22.6. The van der Waals surface area contributed by atoms with Crippen LogP contribution in [0.2, 0.25) is 0 Å². The lowest BCUT2D eigenvalue weighted by Gasteiger charge is -2.09. The molecule has 0 saturated carbocycles. The molecule has 0 bridgehead atoms. The summed E-state index contributed by atoms with van der Waals surface area (Å²) in [5.41, 5.74) is 3.04. The molecule has 0 radical (unpaired) electrons. The predicted octanol–water partition coefficient (Wildman–Crippen LogP) is 4.91. The Labute approximate surface area is 189 Å². The highest BCUT2D eigenvalue weighted by atomic mass is 79.9. The van der Waals surface area contributed by atoms with Crippen LogP contribution in [-0.4, -0.2) is 26.8 Å². The van der Waals surface area contributed by atoms with Gasteiger partial charge in [0.2, 0.25) is 0 Å². The number of carbonyl (C=O) groups is 2. The minimum atomic E-state index is -3.75. The number of halogens is 1. The molecule has 3 aromatic carbocycles. The highest BCUT2D eigenvalue weighted by Crippen LogP contribution is 2.19. The Morgan fingerprint density at radius 2 is 1.48 bits per heavy atom. The number of ether oxygens (including phenoxy) is 1. The summed E-state index contributed by atoms with van der Waals surface area (Å²) in [5, 5.41) is 0. The lowest BCUT2D eigenvalue weighted by Crippen LogP contribution is -2.15. The van der Waals surface area contributed by atoms with Gasteiger partial charge in [-0.2, -0.15) is 0 Å². The normalized spacial score (nSPS) is 11.1. The van der Waals surface area contributed by atoms with Crippen molar-refractivity contribution in [2.24, 2.45) is 0 Å². The van der Waals surface area contributed by atoms with Crippen molar-refractivity contribution in [3.8, 4) is 0 Å². The monoisotopic (exact) mass is 501 g/mol. The van der Waals surface area contributed by atoms with Crippen molar-refractivity contribution in [1.82, 2.24) is 0 Å². The van der Waals surface area contributed by atoms with Gasteiger partial charge in [-0.25, -0.2) is 13.2 Å². The van der Waals surface area contributed by atoms with Crippen molar-refractivity contribution in [2.75, 3.05) is 11.3 Å². The molecular weight excluding hydrogens is 482 g/mol. The third-order valence-corrected chi connectivity index (χ3v) is 6.59. The van der Waals surface area contributed by atoms with Crippen molar-refractivity contribution >= 4 is 43.4 Å². The summed E-state index contributed by atoms with van der Waals surface area (Å²) in [6, 6.07) is 17.3. The average Bonchev–Trinajstić information content (AvgIpc) is 2.74. The number of anilines is 1. The van der Waals surface area contributed by atoms with Crippen LogP contribution in [0.1, 0.15) is 31.8 Å². The third-order valence-electron chi connectivity index (χ3n) is 4.66. The number of esters is 1. The Hall–Kier alpha value is -2.97. The maximum atomic E-state index is 12.4. The first-order valence-electron chi connectivity index (χ1n) is 9.32. The number of carbonyl (C=O) groups excluding carboxylic acids is 2. The van der Waals surface area contributed by atoms with E-state index in [-0.39, 0.29) is 22.8 Å². The molecule has 0 heterocycles. The van der Waals surface area contributed by atoms with Crippen molar-refractivity contribution < 1.29 is 22.7 Å². The molecule has 31 heavy (non-hydrogen) atoms. The molecule has 6 nitrogen and oxygen atoms in total. The van der Waals surface area contributed by atoms with Gasteiger partial charge in [-0.1, -0.05) is 28.1 Å². The van der Waals surface area contributed by atoms with E-state index in [1.165, 1.54) is 36.4 Å². The van der Waals surface area contributed by atoms with E-state index in [0.717, 1.165) is 15.6 Å². The van der Waals surface area contributed by atoms with Crippen LogP contribution in [0.4, 0.5) is 5.69 Å². The summed E-state index contributed by atoms with van der Waals surface area (Å²) in [4.78, 5) is 24.6. The Morgan fingerprint density at radius 3 is 2.10 bits per heavy atom. The maximum Gasteiger partial charge on any atom is 0.338 e. The molecule has 0 aliphatic carbocycles. The number of hydrogen-bond acceptors (Lipinski definition) is 5. The van der Waals surface area contributed by atoms with Crippen molar-refractivity contribution in [2.45, 2.75) is 18.7 Å². The van der Waals surface area contributed by atoms with Crippen LogP contribution in [0.15, 0.2) is 76.1 Å². The molecule has 0 spiro atoms. The van der Waals surface area contributed by atoms with Crippen LogP contribution in [0, 0.1) is 13.8 Å². The molecule has 0 amide bonds. The number of rotatable bonds is 7. The first-order valence-corrected chi connectivity index (χ1v) is 11.6. The fourth-order valence-electron chi connectivity index (χ4n) is 2.71. The number of aryl methyl sites for hydroxylation is 2. The summed E-state index contributed by atoms with van der Waals surface area (Å²) >= 11 is 3.26. The summed E-state index contributed by atoms with van der Waals surface area (Å²) in [6.45, 7) is 3.48. The minimum Gasteiger partial charge on any atom is -0.454 e. The summed E-state index contributed by atoms with van der Waals surface area (Å²) in [7, 11) is -3.75. The minimum absolute atomic E-state index is 0.115. The summed E-state index contributed by atoms with van der Waals surface area (Å²) in [6.07, 6.45) is 0. The zero-order valence-corrected chi connectivity index (χ0v) is 19.3. The van der Waals surface area contributed by atoms with Crippen molar-refractivity contribution in [3.63, 3.8) is 0 Å². The Morgan fingerprint density at radius 1 is 0.871 bits per heavy atom.